The van der Waals surface area contributed by atoms with Gasteiger partial charge < -0.3 is 21.5 Å². The van der Waals surface area contributed by atoms with E-state index >= 15 is 0 Å². The Labute approximate surface area is 106 Å². The first-order valence-electron chi connectivity index (χ1n) is 6.16. The van der Waals surface area contributed by atoms with E-state index in [9.17, 15) is 4.79 Å². The lowest BCUT2D eigenvalue weighted by Gasteiger charge is -2.22. The van der Waals surface area contributed by atoms with Crippen molar-refractivity contribution in [3.63, 3.8) is 0 Å². The van der Waals surface area contributed by atoms with Crippen LogP contribution >= 0.6 is 0 Å². The molecule has 5 heteroatoms. The molecule has 0 spiro atoms. The minimum absolute atomic E-state index is 0.151. The van der Waals surface area contributed by atoms with Crippen molar-refractivity contribution in [3.05, 3.63) is 23.8 Å². The molecule has 18 heavy (non-hydrogen) atoms. The van der Waals surface area contributed by atoms with Crippen LogP contribution in [0, 0.1) is 0 Å². The van der Waals surface area contributed by atoms with Gasteiger partial charge in [0.2, 0.25) is 0 Å². The molecule has 0 aromatic heterocycles. The third-order valence-corrected chi connectivity index (χ3v) is 3.28. The van der Waals surface area contributed by atoms with Gasteiger partial charge in [-0.05, 0) is 31.9 Å². The predicted molar refractivity (Wildman–Crippen MR) is 71.4 cm³/mol. The van der Waals surface area contributed by atoms with E-state index in [1.54, 1.807) is 12.1 Å². The van der Waals surface area contributed by atoms with Crippen LogP contribution in [0.3, 0.4) is 0 Å². The van der Waals surface area contributed by atoms with Crippen molar-refractivity contribution in [2.45, 2.75) is 31.9 Å². The van der Waals surface area contributed by atoms with E-state index in [-0.39, 0.29) is 12.1 Å². The standard InChI is InChI=1S/C13H19N3O2/c1-8(11-6-3-7-18-11)16-10-5-2-4-9(12(10)14)13(15)17/h2,4-5,8,11,16H,3,6-7,14H2,1H3,(H2,15,17). The van der Waals surface area contributed by atoms with E-state index in [1.165, 1.54) is 0 Å². The third kappa shape index (κ3) is 2.56. The number of carbonyl (C=O) groups excluding carboxylic acids is 1. The summed E-state index contributed by atoms with van der Waals surface area (Å²) in [6.45, 7) is 2.86. The number of hydrogen-bond donors (Lipinski definition) is 3. The SMILES string of the molecule is CC(Nc1cccc(C(N)=O)c1N)C1CCCO1. The molecule has 1 amide bonds. The van der Waals surface area contributed by atoms with Crippen LogP contribution in [0.25, 0.3) is 0 Å². The summed E-state index contributed by atoms with van der Waals surface area (Å²) in [4.78, 5) is 11.2. The van der Waals surface area contributed by atoms with Gasteiger partial charge in [0.15, 0.2) is 0 Å². The largest absolute Gasteiger partial charge is 0.396 e. The molecule has 0 bridgehead atoms. The lowest BCUT2D eigenvalue weighted by molar-refractivity contribution is 0.0997. The first-order chi connectivity index (χ1) is 8.59. The number of ether oxygens (including phenoxy) is 1. The fourth-order valence-corrected chi connectivity index (χ4v) is 2.24. The Kier molecular flexibility index (Phi) is 3.72. The lowest BCUT2D eigenvalue weighted by atomic mass is 10.1. The molecule has 2 atom stereocenters. The van der Waals surface area contributed by atoms with E-state index in [4.69, 9.17) is 16.2 Å². The van der Waals surface area contributed by atoms with Crippen LogP contribution in [0.15, 0.2) is 18.2 Å². The third-order valence-electron chi connectivity index (χ3n) is 3.28. The molecule has 0 radical (unpaired) electrons. The van der Waals surface area contributed by atoms with Crippen LogP contribution in [0.4, 0.5) is 11.4 Å². The monoisotopic (exact) mass is 249 g/mol. The van der Waals surface area contributed by atoms with Crippen LogP contribution < -0.4 is 16.8 Å². The van der Waals surface area contributed by atoms with Crippen molar-refractivity contribution in [2.24, 2.45) is 5.73 Å². The molecule has 0 aliphatic carbocycles. The van der Waals surface area contributed by atoms with E-state index in [0.717, 1.165) is 25.1 Å². The summed E-state index contributed by atoms with van der Waals surface area (Å²) in [5.41, 5.74) is 12.7. The minimum Gasteiger partial charge on any atom is -0.396 e. The molecule has 5 nitrogen and oxygen atoms in total. The number of benzene rings is 1. The first kappa shape index (κ1) is 12.7. The van der Waals surface area contributed by atoms with Crippen molar-refractivity contribution < 1.29 is 9.53 Å². The van der Waals surface area contributed by atoms with Crippen molar-refractivity contribution in [1.82, 2.24) is 0 Å². The summed E-state index contributed by atoms with van der Waals surface area (Å²) in [5, 5.41) is 3.29. The molecule has 5 N–H and O–H groups in total. The van der Waals surface area contributed by atoms with Crippen molar-refractivity contribution in [3.8, 4) is 0 Å². The van der Waals surface area contributed by atoms with Gasteiger partial charge in [-0.1, -0.05) is 6.07 Å². The zero-order valence-electron chi connectivity index (χ0n) is 10.5. The maximum Gasteiger partial charge on any atom is 0.250 e. The number of nitrogen functional groups attached to an aromatic ring is 1. The number of anilines is 2. The number of hydrogen-bond acceptors (Lipinski definition) is 4. The maximum absolute atomic E-state index is 11.2. The van der Waals surface area contributed by atoms with Crippen LogP contribution in [-0.4, -0.2) is 24.7 Å². The molecule has 1 aliphatic heterocycles. The van der Waals surface area contributed by atoms with Crippen LogP contribution in [-0.2, 0) is 4.74 Å². The Morgan fingerprint density at radius 3 is 2.94 bits per heavy atom. The first-order valence-corrected chi connectivity index (χ1v) is 6.16. The predicted octanol–water partition coefficient (Wildman–Crippen LogP) is 1.35. The number of carbonyl (C=O) groups is 1. The Hall–Kier alpha value is -1.75. The zero-order chi connectivity index (χ0) is 13.1. The molecule has 2 unspecified atom stereocenters. The summed E-state index contributed by atoms with van der Waals surface area (Å²) < 4.78 is 5.61. The normalized spacial score (nSPS) is 20.6. The Balaban J connectivity index is 2.13. The lowest BCUT2D eigenvalue weighted by Crippen LogP contribution is -2.30. The Bertz CT molecular complexity index is 442. The molecule has 0 saturated carbocycles. The van der Waals surface area contributed by atoms with Crippen LogP contribution in [0.5, 0.6) is 0 Å². The number of rotatable bonds is 4. The molecule has 1 aromatic carbocycles. The highest BCUT2D eigenvalue weighted by atomic mass is 16.5. The topological polar surface area (TPSA) is 90.4 Å². The van der Waals surface area contributed by atoms with Gasteiger partial charge in [-0.2, -0.15) is 0 Å². The van der Waals surface area contributed by atoms with Gasteiger partial charge in [-0.15, -0.1) is 0 Å². The summed E-state index contributed by atoms with van der Waals surface area (Å²) in [7, 11) is 0. The number of amides is 1. The smallest absolute Gasteiger partial charge is 0.250 e. The highest BCUT2D eigenvalue weighted by Gasteiger charge is 2.23. The van der Waals surface area contributed by atoms with Gasteiger partial charge in [-0.25, -0.2) is 0 Å². The molecule has 1 aromatic rings. The minimum atomic E-state index is -0.513. The van der Waals surface area contributed by atoms with Crippen LogP contribution in [0.1, 0.15) is 30.1 Å². The second-order valence-corrected chi connectivity index (χ2v) is 4.62. The number of nitrogens with two attached hydrogens (primary N) is 2. The summed E-state index contributed by atoms with van der Waals surface area (Å²) >= 11 is 0. The average molecular weight is 249 g/mol. The van der Waals surface area contributed by atoms with Gasteiger partial charge in [-0.3, -0.25) is 4.79 Å². The Morgan fingerprint density at radius 1 is 1.56 bits per heavy atom. The highest BCUT2D eigenvalue weighted by molar-refractivity contribution is 6.00. The van der Waals surface area contributed by atoms with Crippen molar-refractivity contribution in [1.29, 1.82) is 0 Å². The van der Waals surface area contributed by atoms with Crippen LogP contribution in [0.2, 0.25) is 0 Å². The number of nitrogens with one attached hydrogen (secondary N) is 1. The quantitative estimate of drug-likeness (QED) is 0.702. The summed E-state index contributed by atoms with van der Waals surface area (Å²) in [6.07, 6.45) is 2.33. The van der Waals surface area contributed by atoms with Crippen molar-refractivity contribution in [2.75, 3.05) is 17.7 Å². The van der Waals surface area contributed by atoms with Gasteiger partial charge in [0.05, 0.1) is 23.0 Å². The number of primary amides is 1. The molecule has 2 rings (SSSR count). The fraction of sp³-hybridized carbons (Fsp3) is 0.462. The highest BCUT2D eigenvalue weighted by Crippen LogP contribution is 2.25. The van der Waals surface area contributed by atoms with E-state index in [0.29, 0.717) is 11.3 Å². The van der Waals surface area contributed by atoms with Crippen molar-refractivity contribution >= 4 is 17.3 Å². The molecule has 1 fully saturated rings. The zero-order valence-corrected chi connectivity index (χ0v) is 10.5. The summed E-state index contributed by atoms with van der Waals surface area (Å²) in [5.74, 6) is -0.513. The average Bonchev–Trinajstić information content (AvgIpc) is 2.85. The van der Waals surface area contributed by atoms with Gasteiger partial charge >= 0.3 is 0 Å². The molecular formula is C13H19N3O2. The van der Waals surface area contributed by atoms with E-state index in [2.05, 4.69) is 5.32 Å². The summed E-state index contributed by atoms with van der Waals surface area (Å²) in [6, 6.07) is 5.38. The molecule has 1 saturated heterocycles. The van der Waals surface area contributed by atoms with E-state index in [1.807, 2.05) is 13.0 Å². The van der Waals surface area contributed by atoms with E-state index < -0.39 is 5.91 Å². The maximum atomic E-state index is 11.2. The molecule has 1 aliphatic rings. The van der Waals surface area contributed by atoms with Gasteiger partial charge in [0, 0.05) is 12.6 Å². The molecular weight excluding hydrogens is 230 g/mol. The Morgan fingerprint density at radius 2 is 2.33 bits per heavy atom. The molecule has 98 valence electrons. The number of para-hydroxylation sites is 1. The molecule has 1 heterocycles. The van der Waals surface area contributed by atoms with Gasteiger partial charge in [0.1, 0.15) is 0 Å². The van der Waals surface area contributed by atoms with Gasteiger partial charge in [0.25, 0.3) is 5.91 Å². The second kappa shape index (κ2) is 5.27. The fourth-order valence-electron chi connectivity index (χ4n) is 2.24. The second-order valence-electron chi connectivity index (χ2n) is 4.62.